The molecule has 0 amide bonds. The normalized spacial score (nSPS) is 50.7. The minimum Gasteiger partial charge on any atom is -0.390 e. The second-order valence-electron chi connectivity index (χ2n) is 3.21. The number of aliphatic hydroxyl groups is 2. The van der Waals surface area contributed by atoms with Gasteiger partial charge in [-0.05, 0) is 12.8 Å². The monoisotopic (exact) mass is 159 g/mol. The van der Waals surface area contributed by atoms with Gasteiger partial charge in [0.1, 0.15) is 0 Å². The van der Waals surface area contributed by atoms with Crippen molar-refractivity contribution in [2.75, 3.05) is 6.73 Å². The predicted molar refractivity (Wildman–Crippen MR) is 37.9 cm³/mol. The summed E-state index contributed by atoms with van der Waals surface area (Å²) in [6.07, 6.45) is 0.356. The van der Waals surface area contributed by atoms with Gasteiger partial charge in [-0.3, -0.25) is 5.32 Å². The molecule has 2 rings (SSSR count). The van der Waals surface area contributed by atoms with E-state index in [0.29, 0.717) is 13.2 Å². The molecule has 64 valence electrons. The summed E-state index contributed by atoms with van der Waals surface area (Å²) in [5.74, 6) is 0. The van der Waals surface area contributed by atoms with Crippen molar-refractivity contribution in [2.45, 2.75) is 37.2 Å². The zero-order valence-corrected chi connectivity index (χ0v) is 6.23. The molecule has 0 aromatic carbocycles. The predicted octanol–water partition coefficient (Wildman–Crippen LogP) is -1.18. The van der Waals surface area contributed by atoms with Gasteiger partial charge in [-0.15, -0.1) is 0 Å². The van der Waals surface area contributed by atoms with Gasteiger partial charge in [-0.25, -0.2) is 0 Å². The number of rotatable bonds is 0. The van der Waals surface area contributed by atoms with Crippen molar-refractivity contribution in [3.05, 3.63) is 0 Å². The molecule has 1 saturated carbocycles. The molecule has 0 radical (unpaired) electrons. The van der Waals surface area contributed by atoms with E-state index in [-0.39, 0.29) is 12.1 Å². The number of nitrogens with one attached hydrogen (secondary N) is 1. The Hall–Kier alpha value is -0.160. The molecule has 1 heterocycles. The molecule has 1 saturated heterocycles. The lowest BCUT2D eigenvalue weighted by Crippen LogP contribution is -2.51. The maximum atomic E-state index is 9.46. The smallest absolute Gasteiger partial charge is 0.0977 e. The minimum absolute atomic E-state index is 0.0567. The van der Waals surface area contributed by atoms with E-state index in [0.717, 1.165) is 6.42 Å². The fourth-order valence-electron chi connectivity index (χ4n) is 1.84. The molecule has 4 nitrogen and oxygen atoms in total. The quantitative estimate of drug-likeness (QED) is 0.416. The van der Waals surface area contributed by atoms with Crippen LogP contribution in [0.4, 0.5) is 0 Å². The van der Waals surface area contributed by atoms with Gasteiger partial charge in [-0.2, -0.15) is 0 Å². The van der Waals surface area contributed by atoms with Crippen molar-refractivity contribution >= 4 is 0 Å². The van der Waals surface area contributed by atoms with Crippen molar-refractivity contribution in [2.24, 2.45) is 0 Å². The molecule has 3 N–H and O–H groups in total. The van der Waals surface area contributed by atoms with Crippen LogP contribution in [0.1, 0.15) is 12.8 Å². The van der Waals surface area contributed by atoms with Gasteiger partial charge in [0.15, 0.2) is 0 Å². The van der Waals surface area contributed by atoms with E-state index in [1.807, 2.05) is 0 Å². The average Bonchev–Trinajstić information content (AvgIpc) is 2.45. The van der Waals surface area contributed by atoms with Crippen LogP contribution in [0.15, 0.2) is 0 Å². The number of fused-ring (bicyclic) bond motifs is 1. The Labute approximate surface area is 65.2 Å². The first-order valence-corrected chi connectivity index (χ1v) is 4.00. The number of aliphatic hydroxyl groups excluding tert-OH is 2. The lowest BCUT2D eigenvalue weighted by Gasteiger charge is -2.32. The summed E-state index contributed by atoms with van der Waals surface area (Å²) in [6.45, 7) is 0.499. The average molecular weight is 159 g/mol. The van der Waals surface area contributed by atoms with Crippen LogP contribution in [0.5, 0.6) is 0 Å². The molecule has 0 spiro atoms. The molecule has 0 aromatic heterocycles. The van der Waals surface area contributed by atoms with Crippen molar-refractivity contribution in [3.8, 4) is 0 Å². The van der Waals surface area contributed by atoms with Crippen molar-refractivity contribution in [3.63, 3.8) is 0 Å². The van der Waals surface area contributed by atoms with Crippen LogP contribution in [0.2, 0.25) is 0 Å². The molecule has 0 aromatic rings. The molecule has 2 fully saturated rings. The van der Waals surface area contributed by atoms with Gasteiger partial charge >= 0.3 is 0 Å². The Balaban J connectivity index is 2.06. The largest absolute Gasteiger partial charge is 0.390 e. The van der Waals surface area contributed by atoms with Crippen LogP contribution in [-0.2, 0) is 4.74 Å². The van der Waals surface area contributed by atoms with Gasteiger partial charge in [-0.1, -0.05) is 0 Å². The van der Waals surface area contributed by atoms with E-state index in [4.69, 9.17) is 4.74 Å². The topological polar surface area (TPSA) is 61.7 Å². The summed E-state index contributed by atoms with van der Waals surface area (Å²) in [4.78, 5) is 0. The number of ether oxygens (including phenoxy) is 1. The van der Waals surface area contributed by atoms with E-state index in [2.05, 4.69) is 5.32 Å². The molecule has 1 aliphatic carbocycles. The Kier molecular flexibility index (Phi) is 1.85. The van der Waals surface area contributed by atoms with Gasteiger partial charge < -0.3 is 14.9 Å². The second-order valence-corrected chi connectivity index (χ2v) is 3.21. The third kappa shape index (κ3) is 1.16. The van der Waals surface area contributed by atoms with Crippen molar-refractivity contribution < 1.29 is 14.9 Å². The third-order valence-corrected chi connectivity index (χ3v) is 2.53. The van der Waals surface area contributed by atoms with Crippen LogP contribution in [0.3, 0.4) is 0 Å². The first kappa shape index (κ1) is 7.49. The molecule has 11 heavy (non-hydrogen) atoms. The highest BCUT2D eigenvalue weighted by molar-refractivity contribution is 4.95. The minimum atomic E-state index is -0.656. The van der Waals surface area contributed by atoms with Crippen LogP contribution < -0.4 is 5.32 Å². The standard InChI is InChI=1S/C7H13NO3/c9-4-1-2-5-6(7(4)10)8-3-11-5/h4-10H,1-3H2. The lowest BCUT2D eigenvalue weighted by atomic mass is 9.88. The molecule has 1 aliphatic heterocycles. The molecule has 4 unspecified atom stereocenters. The third-order valence-electron chi connectivity index (χ3n) is 2.53. The van der Waals surface area contributed by atoms with Gasteiger partial charge in [0.2, 0.25) is 0 Å². The molecule has 4 heteroatoms. The molecular weight excluding hydrogens is 146 g/mol. The maximum absolute atomic E-state index is 9.46. The van der Waals surface area contributed by atoms with Crippen molar-refractivity contribution in [1.29, 1.82) is 0 Å². The molecule has 0 bridgehead atoms. The van der Waals surface area contributed by atoms with Crippen LogP contribution in [0.25, 0.3) is 0 Å². The van der Waals surface area contributed by atoms with Crippen molar-refractivity contribution in [1.82, 2.24) is 5.32 Å². The summed E-state index contributed by atoms with van der Waals surface area (Å²) >= 11 is 0. The summed E-state index contributed by atoms with van der Waals surface area (Å²) in [7, 11) is 0. The van der Waals surface area contributed by atoms with Gasteiger partial charge in [0.05, 0.1) is 31.1 Å². The zero-order chi connectivity index (χ0) is 7.84. The zero-order valence-electron chi connectivity index (χ0n) is 6.23. The molecule has 4 atom stereocenters. The molecule has 2 aliphatic rings. The summed E-state index contributed by atoms with van der Waals surface area (Å²) in [5.41, 5.74) is 0. The van der Waals surface area contributed by atoms with E-state index in [1.54, 1.807) is 0 Å². The SMILES string of the molecule is OC1CCC2OCNC2C1O. The first-order valence-electron chi connectivity index (χ1n) is 4.00. The maximum Gasteiger partial charge on any atom is 0.0977 e. The number of hydrogen-bond donors (Lipinski definition) is 3. The fourth-order valence-corrected chi connectivity index (χ4v) is 1.84. The summed E-state index contributed by atoms with van der Waals surface area (Å²) < 4.78 is 5.29. The summed E-state index contributed by atoms with van der Waals surface area (Å²) in [6, 6.07) is -0.0567. The number of hydrogen-bond acceptors (Lipinski definition) is 4. The van der Waals surface area contributed by atoms with Gasteiger partial charge in [0.25, 0.3) is 0 Å². The fraction of sp³-hybridized carbons (Fsp3) is 1.00. The van der Waals surface area contributed by atoms with Crippen LogP contribution >= 0.6 is 0 Å². The van der Waals surface area contributed by atoms with E-state index in [9.17, 15) is 10.2 Å². The van der Waals surface area contributed by atoms with Crippen LogP contribution in [-0.4, -0.2) is 41.3 Å². The van der Waals surface area contributed by atoms with Crippen LogP contribution in [0, 0.1) is 0 Å². The highest BCUT2D eigenvalue weighted by Gasteiger charge is 2.40. The van der Waals surface area contributed by atoms with E-state index < -0.39 is 12.2 Å². The lowest BCUT2D eigenvalue weighted by molar-refractivity contribution is -0.0553. The van der Waals surface area contributed by atoms with E-state index in [1.165, 1.54) is 0 Å². The Morgan fingerprint density at radius 2 is 2.09 bits per heavy atom. The second kappa shape index (κ2) is 2.71. The van der Waals surface area contributed by atoms with E-state index >= 15 is 0 Å². The Morgan fingerprint density at radius 3 is 2.91 bits per heavy atom. The highest BCUT2D eigenvalue weighted by atomic mass is 16.5. The molecular formula is C7H13NO3. The first-order chi connectivity index (χ1) is 5.29. The Bertz CT molecular complexity index is 153. The van der Waals surface area contributed by atoms with Gasteiger partial charge in [0, 0.05) is 0 Å². The highest BCUT2D eigenvalue weighted by Crippen LogP contribution is 2.25. The summed E-state index contributed by atoms with van der Waals surface area (Å²) in [5, 5.41) is 21.7. The Morgan fingerprint density at radius 1 is 1.27 bits per heavy atom.